The molecule has 0 aromatic rings. The Kier molecular flexibility index (Phi) is 5.44. The Morgan fingerprint density at radius 2 is 2.00 bits per heavy atom. The lowest BCUT2D eigenvalue weighted by Gasteiger charge is -2.32. The predicted octanol–water partition coefficient (Wildman–Crippen LogP) is 2.45. The molecule has 0 radical (unpaired) electrons. The number of hydrogen-bond acceptors (Lipinski definition) is 2. The lowest BCUT2D eigenvalue weighted by Crippen LogP contribution is -2.48. The van der Waals surface area contributed by atoms with Crippen molar-refractivity contribution in [3.05, 3.63) is 0 Å². The molecule has 3 nitrogen and oxygen atoms in total. The Morgan fingerprint density at radius 3 is 2.47 bits per heavy atom. The molecule has 2 unspecified atom stereocenters. The molecule has 0 aliphatic heterocycles. The highest BCUT2D eigenvalue weighted by Gasteiger charge is 2.32. The van der Waals surface area contributed by atoms with Crippen molar-refractivity contribution in [1.29, 1.82) is 0 Å². The van der Waals surface area contributed by atoms with Gasteiger partial charge in [-0.2, -0.15) is 0 Å². The summed E-state index contributed by atoms with van der Waals surface area (Å²) in [4.78, 5) is 12.2. The fraction of sp³-hybridized carbons (Fsp3) is 0.929. The van der Waals surface area contributed by atoms with Gasteiger partial charge < -0.3 is 11.1 Å². The van der Waals surface area contributed by atoms with Crippen molar-refractivity contribution >= 4 is 5.91 Å². The molecule has 1 aliphatic carbocycles. The van der Waals surface area contributed by atoms with Crippen LogP contribution in [0.1, 0.15) is 59.3 Å². The minimum Gasteiger partial charge on any atom is -0.353 e. The average Bonchev–Trinajstić information content (AvgIpc) is 2.38. The van der Waals surface area contributed by atoms with Gasteiger partial charge in [-0.25, -0.2) is 0 Å². The molecule has 3 N–H and O–H groups in total. The highest BCUT2D eigenvalue weighted by molar-refractivity contribution is 5.82. The maximum Gasteiger partial charge on any atom is 0.227 e. The van der Waals surface area contributed by atoms with E-state index in [1.165, 1.54) is 32.1 Å². The van der Waals surface area contributed by atoms with Gasteiger partial charge >= 0.3 is 0 Å². The molecule has 0 heterocycles. The standard InChI is InChI=1S/C14H28N2O/c1-4-14(3,10-15)13(17)16-11(2)12-8-6-5-7-9-12/h11-12H,4-10,15H2,1-3H3,(H,16,17). The van der Waals surface area contributed by atoms with Gasteiger partial charge in [0.1, 0.15) is 0 Å². The summed E-state index contributed by atoms with van der Waals surface area (Å²) in [7, 11) is 0. The van der Waals surface area contributed by atoms with Crippen LogP contribution >= 0.6 is 0 Å². The summed E-state index contributed by atoms with van der Waals surface area (Å²) in [5.74, 6) is 0.784. The first kappa shape index (κ1) is 14.5. The predicted molar refractivity (Wildman–Crippen MR) is 71.6 cm³/mol. The van der Waals surface area contributed by atoms with Crippen LogP contribution in [-0.2, 0) is 4.79 Å². The van der Waals surface area contributed by atoms with Crippen LogP contribution in [0.5, 0.6) is 0 Å². The molecule has 0 saturated heterocycles. The minimum absolute atomic E-state index is 0.126. The highest BCUT2D eigenvalue weighted by Crippen LogP contribution is 2.27. The van der Waals surface area contributed by atoms with Crippen LogP contribution < -0.4 is 11.1 Å². The summed E-state index contributed by atoms with van der Waals surface area (Å²) in [5, 5.41) is 3.17. The Morgan fingerprint density at radius 1 is 1.41 bits per heavy atom. The van der Waals surface area contributed by atoms with Crippen LogP contribution in [0, 0.1) is 11.3 Å². The van der Waals surface area contributed by atoms with E-state index in [0.29, 0.717) is 18.5 Å². The number of carbonyl (C=O) groups is 1. The summed E-state index contributed by atoms with van der Waals surface area (Å²) >= 11 is 0. The molecule has 0 spiro atoms. The first-order chi connectivity index (χ1) is 8.03. The maximum absolute atomic E-state index is 12.2. The van der Waals surface area contributed by atoms with Crippen molar-refractivity contribution in [1.82, 2.24) is 5.32 Å². The van der Waals surface area contributed by atoms with Crippen LogP contribution in [0.25, 0.3) is 0 Å². The second kappa shape index (κ2) is 6.39. The quantitative estimate of drug-likeness (QED) is 0.775. The fourth-order valence-electron chi connectivity index (χ4n) is 2.53. The van der Waals surface area contributed by atoms with Crippen molar-refractivity contribution < 1.29 is 4.79 Å². The third-order valence-electron chi connectivity index (χ3n) is 4.49. The van der Waals surface area contributed by atoms with Gasteiger partial charge in [-0.3, -0.25) is 4.79 Å². The topological polar surface area (TPSA) is 55.1 Å². The summed E-state index contributed by atoms with van der Waals surface area (Å²) in [5.41, 5.74) is 5.31. The smallest absolute Gasteiger partial charge is 0.227 e. The van der Waals surface area contributed by atoms with Gasteiger partial charge in [-0.15, -0.1) is 0 Å². The van der Waals surface area contributed by atoms with E-state index in [-0.39, 0.29) is 5.91 Å². The molecule has 1 fully saturated rings. The lowest BCUT2D eigenvalue weighted by atomic mass is 9.82. The van der Waals surface area contributed by atoms with Crippen molar-refractivity contribution in [3.8, 4) is 0 Å². The second-order valence-electron chi connectivity index (χ2n) is 5.78. The van der Waals surface area contributed by atoms with E-state index in [2.05, 4.69) is 12.2 Å². The number of hydrogen-bond donors (Lipinski definition) is 2. The molecule has 1 saturated carbocycles. The van der Waals surface area contributed by atoms with E-state index >= 15 is 0 Å². The highest BCUT2D eigenvalue weighted by atomic mass is 16.2. The average molecular weight is 240 g/mol. The van der Waals surface area contributed by atoms with Crippen molar-refractivity contribution in [2.24, 2.45) is 17.1 Å². The maximum atomic E-state index is 12.2. The molecule has 0 aromatic heterocycles. The van der Waals surface area contributed by atoms with Gasteiger partial charge in [-0.1, -0.05) is 26.2 Å². The summed E-state index contributed by atoms with van der Waals surface area (Å²) in [6.45, 7) is 6.54. The number of nitrogens with two attached hydrogens (primary N) is 1. The van der Waals surface area contributed by atoms with Crippen LogP contribution in [-0.4, -0.2) is 18.5 Å². The lowest BCUT2D eigenvalue weighted by molar-refractivity contribution is -0.131. The minimum atomic E-state index is -0.400. The number of carbonyl (C=O) groups excluding carboxylic acids is 1. The van der Waals surface area contributed by atoms with Gasteiger partial charge in [0.15, 0.2) is 0 Å². The Labute approximate surface area is 106 Å². The second-order valence-corrected chi connectivity index (χ2v) is 5.78. The summed E-state index contributed by atoms with van der Waals surface area (Å²) < 4.78 is 0. The van der Waals surface area contributed by atoms with Crippen molar-refractivity contribution in [3.63, 3.8) is 0 Å². The molecule has 0 bridgehead atoms. The van der Waals surface area contributed by atoms with E-state index in [1.807, 2.05) is 13.8 Å². The first-order valence-corrected chi connectivity index (χ1v) is 7.04. The van der Waals surface area contributed by atoms with Gasteiger partial charge in [0.2, 0.25) is 5.91 Å². The number of nitrogens with one attached hydrogen (secondary N) is 1. The molecule has 2 atom stereocenters. The third kappa shape index (κ3) is 3.70. The zero-order valence-electron chi connectivity index (χ0n) is 11.6. The molecule has 100 valence electrons. The Hall–Kier alpha value is -0.570. The zero-order chi connectivity index (χ0) is 12.9. The molecular formula is C14H28N2O. The van der Waals surface area contributed by atoms with E-state index in [9.17, 15) is 4.79 Å². The van der Waals surface area contributed by atoms with Crippen molar-refractivity contribution in [2.45, 2.75) is 65.3 Å². The molecule has 1 rings (SSSR count). The van der Waals surface area contributed by atoms with E-state index in [1.54, 1.807) is 0 Å². The first-order valence-electron chi connectivity index (χ1n) is 7.04. The molecule has 1 amide bonds. The van der Waals surface area contributed by atoms with E-state index in [0.717, 1.165) is 6.42 Å². The Balaban J connectivity index is 2.49. The molecular weight excluding hydrogens is 212 g/mol. The molecule has 1 aliphatic rings. The largest absolute Gasteiger partial charge is 0.353 e. The van der Waals surface area contributed by atoms with Crippen LogP contribution in [0.4, 0.5) is 0 Å². The summed E-state index contributed by atoms with van der Waals surface area (Å²) in [6, 6.07) is 0.292. The van der Waals surface area contributed by atoms with Gasteiger partial charge in [0.25, 0.3) is 0 Å². The monoisotopic (exact) mass is 240 g/mol. The molecule has 0 aromatic carbocycles. The number of amides is 1. The molecule has 3 heteroatoms. The normalized spacial score (nSPS) is 22.8. The van der Waals surface area contributed by atoms with E-state index in [4.69, 9.17) is 5.73 Å². The van der Waals surface area contributed by atoms with Crippen molar-refractivity contribution in [2.75, 3.05) is 6.54 Å². The van der Waals surface area contributed by atoms with Gasteiger partial charge in [-0.05, 0) is 39.0 Å². The van der Waals surface area contributed by atoms with Crippen LogP contribution in [0.2, 0.25) is 0 Å². The van der Waals surface area contributed by atoms with Gasteiger partial charge in [0, 0.05) is 12.6 Å². The van der Waals surface area contributed by atoms with Crippen LogP contribution in [0.15, 0.2) is 0 Å². The van der Waals surface area contributed by atoms with E-state index < -0.39 is 5.41 Å². The number of rotatable bonds is 5. The molecule has 17 heavy (non-hydrogen) atoms. The SMILES string of the molecule is CCC(C)(CN)C(=O)NC(C)C1CCCCC1. The van der Waals surface area contributed by atoms with Gasteiger partial charge in [0.05, 0.1) is 5.41 Å². The zero-order valence-corrected chi connectivity index (χ0v) is 11.6. The van der Waals surface area contributed by atoms with Crippen LogP contribution in [0.3, 0.4) is 0 Å². The fourth-order valence-corrected chi connectivity index (χ4v) is 2.53. The third-order valence-corrected chi connectivity index (χ3v) is 4.49. The Bertz CT molecular complexity index is 243. The summed E-state index contributed by atoms with van der Waals surface area (Å²) in [6.07, 6.45) is 7.29.